The summed E-state index contributed by atoms with van der Waals surface area (Å²) >= 11 is 0. The Bertz CT molecular complexity index is 505. The smallest absolute Gasteiger partial charge is 0.231 e. The van der Waals surface area contributed by atoms with E-state index in [0.717, 1.165) is 5.56 Å². The molecule has 82 valence electrons. The first-order valence-electron chi connectivity index (χ1n) is 5.17. The van der Waals surface area contributed by atoms with Gasteiger partial charge in [-0.1, -0.05) is 6.07 Å². The molecule has 2 N–H and O–H groups in total. The molecule has 1 aromatic rings. The summed E-state index contributed by atoms with van der Waals surface area (Å²) in [6, 6.07) is 5.47. The van der Waals surface area contributed by atoms with Gasteiger partial charge in [-0.2, -0.15) is 0 Å². The molecule has 1 aromatic carbocycles. The van der Waals surface area contributed by atoms with Crippen molar-refractivity contribution in [3.8, 4) is 11.5 Å². The number of Topliss-reactive ketones (excluding diaryl/α,β-unsaturated/α-hetero) is 1. The standard InChI is InChI=1S/C12H11NO3/c13-8-2-3-9(14)12(8)7-1-4-10-11(5-7)16-6-15-10/h1,4-5H,2-3,6,13H2. The van der Waals surface area contributed by atoms with Crippen molar-refractivity contribution in [3.05, 3.63) is 29.5 Å². The van der Waals surface area contributed by atoms with Crippen molar-refractivity contribution in [2.45, 2.75) is 12.8 Å². The highest BCUT2D eigenvalue weighted by molar-refractivity contribution is 6.23. The number of carbonyl (C=O) groups is 1. The summed E-state index contributed by atoms with van der Waals surface area (Å²) in [5, 5.41) is 0. The fraction of sp³-hybridized carbons (Fsp3) is 0.250. The maximum atomic E-state index is 11.7. The van der Waals surface area contributed by atoms with Crippen molar-refractivity contribution in [3.63, 3.8) is 0 Å². The first-order chi connectivity index (χ1) is 7.75. The van der Waals surface area contributed by atoms with Gasteiger partial charge in [0.15, 0.2) is 17.3 Å². The lowest BCUT2D eigenvalue weighted by Crippen LogP contribution is -2.00. The van der Waals surface area contributed by atoms with Crippen LogP contribution in [0.4, 0.5) is 0 Å². The van der Waals surface area contributed by atoms with Crippen LogP contribution < -0.4 is 15.2 Å². The Balaban J connectivity index is 2.08. The number of carbonyl (C=O) groups excluding carboxylic acids is 1. The van der Waals surface area contributed by atoms with E-state index in [-0.39, 0.29) is 12.6 Å². The second kappa shape index (κ2) is 3.27. The summed E-state index contributed by atoms with van der Waals surface area (Å²) in [4.78, 5) is 11.7. The van der Waals surface area contributed by atoms with E-state index in [1.54, 1.807) is 0 Å². The van der Waals surface area contributed by atoms with E-state index in [1.165, 1.54) is 0 Å². The summed E-state index contributed by atoms with van der Waals surface area (Å²) < 4.78 is 10.5. The Morgan fingerprint density at radius 2 is 1.94 bits per heavy atom. The quantitative estimate of drug-likeness (QED) is 0.773. The van der Waals surface area contributed by atoms with E-state index in [2.05, 4.69) is 0 Å². The average Bonchev–Trinajstić information content (AvgIpc) is 2.85. The molecule has 3 rings (SSSR count). The average molecular weight is 217 g/mol. The lowest BCUT2D eigenvalue weighted by Gasteiger charge is -2.04. The van der Waals surface area contributed by atoms with Crippen LogP contribution in [0, 0.1) is 0 Å². The molecule has 1 heterocycles. The summed E-state index contributed by atoms with van der Waals surface area (Å²) in [6.45, 7) is 0.237. The first-order valence-corrected chi connectivity index (χ1v) is 5.17. The van der Waals surface area contributed by atoms with E-state index in [4.69, 9.17) is 15.2 Å². The number of ketones is 1. The van der Waals surface area contributed by atoms with Crippen LogP contribution >= 0.6 is 0 Å². The highest BCUT2D eigenvalue weighted by atomic mass is 16.7. The van der Waals surface area contributed by atoms with Gasteiger partial charge in [0.2, 0.25) is 6.79 Å². The molecule has 0 radical (unpaired) electrons. The highest BCUT2D eigenvalue weighted by Gasteiger charge is 2.24. The number of allylic oxidation sites excluding steroid dienone is 2. The van der Waals surface area contributed by atoms with Crippen LogP contribution in [0.2, 0.25) is 0 Å². The molecule has 0 spiro atoms. The van der Waals surface area contributed by atoms with E-state index in [0.29, 0.717) is 35.6 Å². The predicted molar refractivity (Wildman–Crippen MR) is 57.9 cm³/mol. The van der Waals surface area contributed by atoms with Gasteiger partial charge in [0, 0.05) is 17.7 Å². The van der Waals surface area contributed by atoms with Gasteiger partial charge in [-0.3, -0.25) is 4.79 Å². The van der Waals surface area contributed by atoms with Crippen LogP contribution in [0.1, 0.15) is 18.4 Å². The molecule has 0 fully saturated rings. The molecular formula is C12H11NO3. The minimum atomic E-state index is 0.108. The third-order valence-corrected chi connectivity index (χ3v) is 2.88. The molecule has 16 heavy (non-hydrogen) atoms. The number of nitrogens with two attached hydrogens (primary N) is 1. The van der Waals surface area contributed by atoms with Gasteiger partial charge in [0.1, 0.15) is 0 Å². The Kier molecular flexibility index (Phi) is 1.89. The number of hydrogen-bond donors (Lipinski definition) is 1. The normalized spacial score (nSPS) is 18.4. The van der Waals surface area contributed by atoms with Crippen LogP contribution in [-0.4, -0.2) is 12.6 Å². The number of rotatable bonds is 1. The lowest BCUT2D eigenvalue weighted by atomic mass is 10.0. The van der Waals surface area contributed by atoms with Crippen LogP contribution in [0.25, 0.3) is 5.57 Å². The van der Waals surface area contributed by atoms with E-state index in [9.17, 15) is 4.79 Å². The summed E-state index contributed by atoms with van der Waals surface area (Å²) in [5.74, 6) is 1.50. The molecule has 0 unspecified atom stereocenters. The Hall–Kier alpha value is -1.97. The predicted octanol–water partition coefficient (Wildman–Crippen LogP) is 1.45. The number of benzene rings is 1. The van der Waals surface area contributed by atoms with Crippen molar-refractivity contribution >= 4 is 11.4 Å². The molecule has 0 amide bonds. The van der Waals surface area contributed by atoms with Crippen molar-refractivity contribution in [2.24, 2.45) is 5.73 Å². The molecule has 0 atom stereocenters. The first kappa shape index (κ1) is 9.27. The van der Waals surface area contributed by atoms with E-state index < -0.39 is 0 Å². The summed E-state index contributed by atoms with van der Waals surface area (Å²) in [7, 11) is 0. The van der Waals surface area contributed by atoms with Gasteiger partial charge in [0.05, 0.1) is 0 Å². The molecule has 2 aliphatic rings. The molecular weight excluding hydrogens is 206 g/mol. The third-order valence-electron chi connectivity index (χ3n) is 2.88. The fourth-order valence-electron chi connectivity index (χ4n) is 2.08. The number of hydrogen-bond acceptors (Lipinski definition) is 4. The van der Waals surface area contributed by atoms with Gasteiger partial charge in [-0.15, -0.1) is 0 Å². The topological polar surface area (TPSA) is 61.6 Å². The Morgan fingerprint density at radius 3 is 2.69 bits per heavy atom. The molecule has 4 heteroatoms. The van der Waals surface area contributed by atoms with E-state index >= 15 is 0 Å². The molecule has 1 aliphatic carbocycles. The van der Waals surface area contributed by atoms with Gasteiger partial charge < -0.3 is 15.2 Å². The molecule has 0 bridgehead atoms. The monoisotopic (exact) mass is 217 g/mol. The molecule has 4 nitrogen and oxygen atoms in total. The molecule has 0 aromatic heterocycles. The van der Waals surface area contributed by atoms with Crippen LogP contribution in [0.3, 0.4) is 0 Å². The molecule has 0 saturated heterocycles. The maximum absolute atomic E-state index is 11.7. The van der Waals surface area contributed by atoms with Crippen molar-refractivity contribution in [1.29, 1.82) is 0 Å². The lowest BCUT2D eigenvalue weighted by molar-refractivity contribution is -0.113. The minimum absolute atomic E-state index is 0.108. The summed E-state index contributed by atoms with van der Waals surface area (Å²) in [6.07, 6.45) is 1.16. The summed E-state index contributed by atoms with van der Waals surface area (Å²) in [5.41, 5.74) is 7.96. The van der Waals surface area contributed by atoms with Crippen LogP contribution in [-0.2, 0) is 4.79 Å². The van der Waals surface area contributed by atoms with Gasteiger partial charge >= 0.3 is 0 Å². The third kappa shape index (κ3) is 1.26. The zero-order chi connectivity index (χ0) is 11.1. The maximum Gasteiger partial charge on any atom is 0.231 e. The largest absolute Gasteiger partial charge is 0.454 e. The molecule has 1 aliphatic heterocycles. The van der Waals surface area contributed by atoms with Gasteiger partial charge in [-0.05, 0) is 24.1 Å². The number of fused-ring (bicyclic) bond motifs is 1. The van der Waals surface area contributed by atoms with Crippen LogP contribution in [0.15, 0.2) is 23.9 Å². The fourth-order valence-corrected chi connectivity index (χ4v) is 2.08. The second-order valence-electron chi connectivity index (χ2n) is 3.89. The Labute approximate surface area is 92.6 Å². The SMILES string of the molecule is NC1=C(c2ccc3c(c2)OCO3)C(=O)CC1. The zero-order valence-corrected chi connectivity index (χ0v) is 8.66. The second-order valence-corrected chi connectivity index (χ2v) is 3.89. The van der Waals surface area contributed by atoms with Crippen molar-refractivity contribution in [1.82, 2.24) is 0 Å². The van der Waals surface area contributed by atoms with Gasteiger partial charge in [0.25, 0.3) is 0 Å². The zero-order valence-electron chi connectivity index (χ0n) is 8.66. The Morgan fingerprint density at radius 1 is 1.12 bits per heavy atom. The van der Waals surface area contributed by atoms with Crippen LogP contribution in [0.5, 0.6) is 11.5 Å². The van der Waals surface area contributed by atoms with E-state index in [1.807, 2.05) is 18.2 Å². The van der Waals surface area contributed by atoms with Crippen molar-refractivity contribution in [2.75, 3.05) is 6.79 Å². The van der Waals surface area contributed by atoms with Gasteiger partial charge in [-0.25, -0.2) is 0 Å². The van der Waals surface area contributed by atoms with Crippen molar-refractivity contribution < 1.29 is 14.3 Å². The number of ether oxygens (including phenoxy) is 2. The highest BCUT2D eigenvalue weighted by Crippen LogP contribution is 2.37. The minimum Gasteiger partial charge on any atom is -0.454 e. The molecule has 0 saturated carbocycles.